The fraction of sp³-hybridized carbons (Fsp3) is 0.320. The number of nitrogens with zero attached hydrogens (tertiary/aromatic N) is 2. The molecule has 2 aromatic rings. The first-order chi connectivity index (χ1) is 15.3. The van der Waals surface area contributed by atoms with E-state index in [1.165, 1.54) is 30.0 Å². The maximum atomic E-state index is 12.7. The summed E-state index contributed by atoms with van der Waals surface area (Å²) in [6, 6.07) is 12.7. The summed E-state index contributed by atoms with van der Waals surface area (Å²) in [5.41, 5.74) is 4.98. The number of esters is 1. The third-order valence-electron chi connectivity index (χ3n) is 5.77. The first-order valence-corrected chi connectivity index (χ1v) is 10.6. The molecule has 7 nitrogen and oxygen atoms in total. The minimum Gasteiger partial charge on any atom is -0.465 e. The SMILES string of the molecule is COC(=O)c1ccc(NC(=O)/C(C)=C/C(=O)N2CCN(c3cccc(C)c3C)CC2)cc1. The Bertz CT molecular complexity index is 1040. The van der Waals surface area contributed by atoms with Crippen LogP contribution in [-0.4, -0.2) is 56.0 Å². The number of piperazine rings is 1. The Balaban J connectivity index is 1.56. The predicted octanol–water partition coefficient (Wildman–Crippen LogP) is 3.32. The highest BCUT2D eigenvalue weighted by atomic mass is 16.5. The molecule has 0 aliphatic carbocycles. The number of rotatable bonds is 5. The second-order valence-corrected chi connectivity index (χ2v) is 7.88. The number of hydrogen-bond donors (Lipinski definition) is 1. The molecule has 1 heterocycles. The third-order valence-corrected chi connectivity index (χ3v) is 5.77. The number of hydrogen-bond acceptors (Lipinski definition) is 5. The lowest BCUT2D eigenvalue weighted by molar-refractivity contribution is -0.126. The van der Waals surface area contributed by atoms with Crippen LogP contribution in [0.5, 0.6) is 0 Å². The molecule has 0 aromatic heterocycles. The Labute approximate surface area is 188 Å². The third kappa shape index (κ3) is 5.35. The van der Waals surface area contributed by atoms with Gasteiger partial charge in [-0.1, -0.05) is 12.1 Å². The van der Waals surface area contributed by atoms with Crippen molar-refractivity contribution in [1.82, 2.24) is 4.90 Å². The Morgan fingerprint density at radius 3 is 2.25 bits per heavy atom. The van der Waals surface area contributed by atoms with Gasteiger partial charge in [0, 0.05) is 49.2 Å². The maximum absolute atomic E-state index is 12.7. The second-order valence-electron chi connectivity index (χ2n) is 7.88. The van der Waals surface area contributed by atoms with Crippen molar-refractivity contribution in [1.29, 1.82) is 0 Å². The van der Waals surface area contributed by atoms with E-state index in [0.717, 1.165) is 13.1 Å². The summed E-state index contributed by atoms with van der Waals surface area (Å²) in [6.07, 6.45) is 1.38. The molecule has 1 saturated heterocycles. The molecule has 0 radical (unpaired) electrons. The van der Waals surface area contributed by atoms with Crippen molar-refractivity contribution in [3.8, 4) is 0 Å². The van der Waals surface area contributed by atoms with Crippen LogP contribution in [0.4, 0.5) is 11.4 Å². The number of carbonyl (C=O) groups excluding carboxylic acids is 3. The molecule has 0 saturated carbocycles. The Morgan fingerprint density at radius 2 is 1.62 bits per heavy atom. The van der Waals surface area contributed by atoms with Gasteiger partial charge < -0.3 is 19.9 Å². The molecule has 1 aliphatic heterocycles. The summed E-state index contributed by atoms with van der Waals surface area (Å²) >= 11 is 0. The zero-order valence-corrected chi connectivity index (χ0v) is 19.0. The highest BCUT2D eigenvalue weighted by molar-refractivity contribution is 6.07. The van der Waals surface area contributed by atoms with E-state index in [2.05, 4.69) is 47.0 Å². The molecule has 0 unspecified atom stereocenters. The van der Waals surface area contributed by atoms with E-state index in [1.807, 2.05) is 0 Å². The first kappa shape index (κ1) is 23.1. The van der Waals surface area contributed by atoms with Crippen LogP contribution in [0.3, 0.4) is 0 Å². The van der Waals surface area contributed by atoms with Gasteiger partial charge in [0.05, 0.1) is 12.7 Å². The molecule has 0 atom stereocenters. The van der Waals surface area contributed by atoms with Crippen molar-refractivity contribution in [2.45, 2.75) is 20.8 Å². The highest BCUT2D eigenvalue weighted by Crippen LogP contribution is 2.24. The standard InChI is InChI=1S/C25H29N3O4/c1-17-6-5-7-22(19(17)3)27-12-14-28(15-13-27)23(29)16-18(2)24(30)26-21-10-8-20(9-11-21)25(31)32-4/h5-11,16H,12-15H2,1-4H3,(H,26,30)/b18-16+. The fourth-order valence-corrected chi connectivity index (χ4v) is 3.63. The van der Waals surface area contributed by atoms with Crippen LogP contribution in [0.1, 0.15) is 28.4 Å². The molecular formula is C25H29N3O4. The Morgan fingerprint density at radius 1 is 0.969 bits per heavy atom. The lowest BCUT2D eigenvalue weighted by Gasteiger charge is -2.36. The van der Waals surface area contributed by atoms with Crippen molar-refractivity contribution < 1.29 is 19.1 Å². The van der Waals surface area contributed by atoms with Crippen LogP contribution < -0.4 is 10.2 Å². The van der Waals surface area contributed by atoms with Gasteiger partial charge >= 0.3 is 5.97 Å². The van der Waals surface area contributed by atoms with Crippen LogP contribution in [0.15, 0.2) is 54.1 Å². The minimum absolute atomic E-state index is 0.167. The molecule has 1 N–H and O–H groups in total. The summed E-state index contributed by atoms with van der Waals surface area (Å²) in [4.78, 5) is 40.7. The summed E-state index contributed by atoms with van der Waals surface area (Å²) in [5.74, 6) is -0.973. The maximum Gasteiger partial charge on any atom is 0.337 e. The number of amides is 2. The summed E-state index contributed by atoms with van der Waals surface area (Å²) in [5, 5.41) is 2.74. The highest BCUT2D eigenvalue weighted by Gasteiger charge is 2.22. The molecule has 1 aliphatic rings. The van der Waals surface area contributed by atoms with Gasteiger partial charge in [0.15, 0.2) is 0 Å². The average Bonchev–Trinajstić information content (AvgIpc) is 2.80. The van der Waals surface area contributed by atoms with Gasteiger partial charge in [-0.3, -0.25) is 9.59 Å². The van der Waals surface area contributed by atoms with E-state index in [0.29, 0.717) is 29.9 Å². The van der Waals surface area contributed by atoms with Crippen LogP contribution in [-0.2, 0) is 14.3 Å². The van der Waals surface area contributed by atoms with Gasteiger partial charge in [0.2, 0.25) is 5.91 Å². The number of anilines is 2. The van der Waals surface area contributed by atoms with Crippen LogP contribution in [0, 0.1) is 13.8 Å². The monoisotopic (exact) mass is 435 g/mol. The number of nitrogens with one attached hydrogen (secondary N) is 1. The van der Waals surface area contributed by atoms with Crippen molar-refractivity contribution in [2.75, 3.05) is 43.5 Å². The van der Waals surface area contributed by atoms with Crippen molar-refractivity contribution >= 4 is 29.2 Å². The number of aryl methyl sites for hydroxylation is 1. The van der Waals surface area contributed by atoms with Gasteiger partial charge in [-0.05, 0) is 62.2 Å². The molecule has 0 bridgehead atoms. The van der Waals surface area contributed by atoms with Gasteiger partial charge in [-0.15, -0.1) is 0 Å². The van der Waals surface area contributed by atoms with Gasteiger partial charge in [0.25, 0.3) is 5.91 Å². The van der Waals surface area contributed by atoms with Crippen molar-refractivity contribution in [2.24, 2.45) is 0 Å². The number of ether oxygens (including phenoxy) is 1. The van der Waals surface area contributed by atoms with Crippen LogP contribution in [0.2, 0.25) is 0 Å². The van der Waals surface area contributed by atoms with E-state index in [9.17, 15) is 14.4 Å². The molecule has 0 spiro atoms. The summed E-state index contributed by atoms with van der Waals surface area (Å²) < 4.78 is 4.66. The number of benzene rings is 2. The molecule has 7 heteroatoms. The first-order valence-electron chi connectivity index (χ1n) is 10.6. The van der Waals surface area contributed by atoms with E-state index in [-0.39, 0.29) is 11.8 Å². The quantitative estimate of drug-likeness (QED) is 0.576. The van der Waals surface area contributed by atoms with E-state index >= 15 is 0 Å². The van der Waals surface area contributed by atoms with E-state index in [4.69, 9.17) is 0 Å². The van der Waals surface area contributed by atoms with Gasteiger partial charge in [-0.2, -0.15) is 0 Å². The zero-order valence-electron chi connectivity index (χ0n) is 19.0. The van der Waals surface area contributed by atoms with Crippen LogP contribution in [0.25, 0.3) is 0 Å². The Kier molecular flexibility index (Phi) is 7.30. The lowest BCUT2D eigenvalue weighted by Crippen LogP contribution is -2.48. The second kappa shape index (κ2) is 10.1. The fourth-order valence-electron chi connectivity index (χ4n) is 3.63. The molecule has 3 rings (SSSR count). The van der Waals surface area contributed by atoms with E-state index in [1.54, 1.807) is 36.1 Å². The molecule has 1 fully saturated rings. The summed E-state index contributed by atoms with van der Waals surface area (Å²) in [6.45, 7) is 8.55. The minimum atomic E-state index is -0.442. The number of methoxy groups -OCH3 is 1. The van der Waals surface area contributed by atoms with Crippen molar-refractivity contribution in [3.05, 3.63) is 70.8 Å². The summed E-state index contributed by atoms with van der Waals surface area (Å²) in [7, 11) is 1.31. The largest absolute Gasteiger partial charge is 0.465 e. The molecule has 32 heavy (non-hydrogen) atoms. The zero-order chi connectivity index (χ0) is 23.3. The average molecular weight is 436 g/mol. The number of carbonyl (C=O) groups is 3. The molecule has 2 amide bonds. The lowest BCUT2D eigenvalue weighted by atomic mass is 10.1. The normalized spacial score (nSPS) is 14.2. The molecule has 2 aromatic carbocycles. The molecule has 168 valence electrons. The van der Waals surface area contributed by atoms with Crippen molar-refractivity contribution in [3.63, 3.8) is 0 Å². The molecular weight excluding hydrogens is 406 g/mol. The smallest absolute Gasteiger partial charge is 0.337 e. The predicted molar refractivity (Wildman–Crippen MR) is 125 cm³/mol. The Hall–Kier alpha value is -3.61. The van der Waals surface area contributed by atoms with E-state index < -0.39 is 5.97 Å². The van der Waals surface area contributed by atoms with Gasteiger partial charge in [-0.25, -0.2) is 4.79 Å². The topological polar surface area (TPSA) is 78.9 Å². The van der Waals surface area contributed by atoms with Gasteiger partial charge in [0.1, 0.15) is 0 Å². The van der Waals surface area contributed by atoms with Crippen LogP contribution >= 0.6 is 0 Å².